The molecule has 0 spiro atoms. The van der Waals surface area contributed by atoms with Gasteiger partial charge in [0, 0.05) is 11.3 Å². The Bertz CT molecular complexity index is 2020. The van der Waals surface area contributed by atoms with Crippen LogP contribution in [0.5, 0.6) is 0 Å². The Kier molecular flexibility index (Phi) is 6.96. The maximum Gasteiger partial charge on any atom is 0.264 e. The Balaban J connectivity index is 1.10. The third kappa shape index (κ3) is 4.89. The van der Waals surface area contributed by atoms with E-state index < -0.39 is 41.7 Å². The van der Waals surface area contributed by atoms with E-state index in [1.165, 1.54) is 34.3 Å². The van der Waals surface area contributed by atoms with Crippen LogP contribution in [-0.2, 0) is 14.4 Å². The second kappa shape index (κ2) is 11.3. The lowest BCUT2D eigenvalue weighted by Crippen LogP contribution is -2.45. The van der Waals surface area contributed by atoms with Crippen molar-refractivity contribution in [3.8, 4) is 0 Å². The molecule has 0 radical (unpaired) electrons. The number of benzene rings is 4. The number of carbonyl (C=O) groups is 3. The summed E-state index contributed by atoms with van der Waals surface area (Å²) in [6.45, 7) is -0.342. The summed E-state index contributed by atoms with van der Waals surface area (Å²) >= 11 is 0. The molecule has 3 heterocycles. The molecule has 4 atom stereocenters. The molecule has 1 aliphatic carbocycles. The first-order valence-electron chi connectivity index (χ1n) is 15.5. The highest BCUT2D eigenvalue weighted by Gasteiger charge is 2.56. The number of carbonyl (C=O) groups excluding carboxylic acids is 3. The highest BCUT2D eigenvalue weighted by atomic mass is 19.1. The molecule has 4 aliphatic rings. The van der Waals surface area contributed by atoms with Gasteiger partial charge in [0.2, 0.25) is 0 Å². The predicted molar refractivity (Wildman–Crippen MR) is 171 cm³/mol. The maximum absolute atomic E-state index is 14.1. The predicted octanol–water partition coefficient (Wildman–Crippen LogP) is 6.23. The SMILES string of the molecule is O=C1[C@H]2N=NN(CC(=O)N3N=C4/C(=C/c5ccc(F)cc5)CCC[C@H]4[C@H]3c3ccc(F)cc3)[C@@H]2C(=O)N1c1cccc2ccccc12. The van der Waals surface area contributed by atoms with Crippen LogP contribution in [-0.4, -0.2) is 52.1 Å². The fraction of sp³-hybridized carbons (Fsp3) is 0.222. The van der Waals surface area contributed by atoms with Crippen molar-refractivity contribution >= 4 is 46.0 Å². The molecule has 11 heteroatoms. The first-order valence-corrected chi connectivity index (χ1v) is 15.5. The summed E-state index contributed by atoms with van der Waals surface area (Å²) in [6, 6.07) is 22.5. The minimum absolute atomic E-state index is 0.158. The van der Waals surface area contributed by atoms with Gasteiger partial charge in [-0.2, -0.15) is 10.2 Å². The summed E-state index contributed by atoms with van der Waals surface area (Å²) in [5, 5.41) is 17.4. The molecule has 3 amide bonds. The molecular weight excluding hydrogens is 602 g/mol. The second-order valence-corrected chi connectivity index (χ2v) is 12.1. The molecule has 9 nitrogen and oxygen atoms in total. The monoisotopic (exact) mass is 630 g/mol. The number of anilines is 1. The fourth-order valence-corrected chi connectivity index (χ4v) is 7.17. The number of hydrazone groups is 1. The van der Waals surface area contributed by atoms with Gasteiger partial charge in [-0.1, -0.05) is 65.9 Å². The standard InChI is InChI=1S/C36H28F2N6O3/c37-25-15-11-21(12-16-25)19-24-7-3-9-28-31(24)40-44(33(28)23-13-17-26(38)18-14-23)30(45)20-42-34-32(39-41-42)35(46)43(36(34)47)29-10-4-6-22-5-1-2-8-27(22)29/h1-2,4-6,8,10-19,28,32-34H,3,7,9,20H2/b24-19+/t28-,32+,33-,34+/m1/s1. The molecule has 47 heavy (non-hydrogen) atoms. The Hall–Kier alpha value is -5.58. The minimum atomic E-state index is -1.07. The average molecular weight is 631 g/mol. The summed E-state index contributed by atoms with van der Waals surface area (Å²) in [6.07, 6.45) is 4.30. The van der Waals surface area contributed by atoms with Crippen LogP contribution in [0.15, 0.2) is 112 Å². The number of nitrogens with zero attached hydrogens (tertiary/aromatic N) is 6. The number of halogens is 2. The zero-order chi connectivity index (χ0) is 32.2. The maximum atomic E-state index is 14.1. The van der Waals surface area contributed by atoms with Crippen molar-refractivity contribution in [2.75, 3.05) is 11.4 Å². The Morgan fingerprint density at radius 1 is 0.851 bits per heavy atom. The summed E-state index contributed by atoms with van der Waals surface area (Å²) in [5.74, 6) is -2.32. The molecule has 4 aromatic carbocycles. The average Bonchev–Trinajstić information content (AvgIpc) is 3.75. The van der Waals surface area contributed by atoms with Crippen molar-refractivity contribution in [2.45, 2.75) is 37.4 Å². The van der Waals surface area contributed by atoms with Gasteiger partial charge in [-0.05, 0) is 77.8 Å². The highest BCUT2D eigenvalue weighted by Crippen LogP contribution is 2.45. The summed E-state index contributed by atoms with van der Waals surface area (Å²) in [7, 11) is 0. The zero-order valence-electron chi connectivity index (χ0n) is 25.0. The molecule has 0 aromatic heterocycles. The molecule has 8 rings (SSSR count). The van der Waals surface area contributed by atoms with Gasteiger partial charge in [0.15, 0.2) is 12.1 Å². The third-order valence-corrected chi connectivity index (χ3v) is 9.34. The van der Waals surface area contributed by atoms with Gasteiger partial charge in [-0.3, -0.25) is 19.4 Å². The molecule has 3 aliphatic heterocycles. The van der Waals surface area contributed by atoms with E-state index in [1.807, 2.05) is 36.4 Å². The molecular formula is C36H28F2N6O3. The van der Waals surface area contributed by atoms with Crippen LogP contribution in [0.4, 0.5) is 14.5 Å². The van der Waals surface area contributed by atoms with Gasteiger partial charge in [0.1, 0.15) is 18.2 Å². The van der Waals surface area contributed by atoms with Crippen molar-refractivity contribution in [3.05, 3.63) is 119 Å². The number of hydrogen-bond acceptors (Lipinski definition) is 7. The van der Waals surface area contributed by atoms with E-state index in [9.17, 15) is 23.2 Å². The van der Waals surface area contributed by atoms with E-state index in [0.29, 0.717) is 5.69 Å². The molecule has 2 fully saturated rings. The van der Waals surface area contributed by atoms with Crippen molar-refractivity contribution in [1.29, 1.82) is 0 Å². The van der Waals surface area contributed by atoms with Crippen LogP contribution in [0.2, 0.25) is 0 Å². The molecule has 1 saturated heterocycles. The summed E-state index contributed by atoms with van der Waals surface area (Å²) < 4.78 is 27.5. The molecule has 234 valence electrons. The third-order valence-electron chi connectivity index (χ3n) is 9.34. The smallest absolute Gasteiger partial charge is 0.264 e. The van der Waals surface area contributed by atoms with Gasteiger partial charge in [0.05, 0.1) is 17.4 Å². The quantitative estimate of drug-likeness (QED) is 0.244. The van der Waals surface area contributed by atoms with Crippen LogP contribution >= 0.6 is 0 Å². The largest absolute Gasteiger partial charge is 0.271 e. The van der Waals surface area contributed by atoms with Crippen LogP contribution < -0.4 is 4.90 Å². The number of allylic oxidation sites excluding steroid dienone is 1. The molecule has 0 N–H and O–H groups in total. The number of amides is 3. The van der Waals surface area contributed by atoms with E-state index in [2.05, 4.69) is 10.3 Å². The van der Waals surface area contributed by atoms with Crippen molar-refractivity contribution in [2.24, 2.45) is 21.4 Å². The Morgan fingerprint density at radius 2 is 1.57 bits per heavy atom. The van der Waals surface area contributed by atoms with Crippen molar-refractivity contribution in [3.63, 3.8) is 0 Å². The van der Waals surface area contributed by atoms with Crippen molar-refractivity contribution < 1.29 is 23.2 Å². The summed E-state index contributed by atoms with van der Waals surface area (Å²) in [4.78, 5) is 42.6. The normalized spacial score (nSPS) is 24.3. The first-order chi connectivity index (χ1) is 22.9. The van der Waals surface area contributed by atoms with Gasteiger partial charge < -0.3 is 0 Å². The van der Waals surface area contributed by atoms with Crippen LogP contribution in [0, 0.1) is 17.6 Å². The molecule has 4 aromatic rings. The van der Waals surface area contributed by atoms with Crippen molar-refractivity contribution in [1.82, 2.24) is 10.0 Å². The van der Waals surface area contributed by atoms with E-state index in [-0.39, 0.29) is 18.3 Å². The Morgan fingerprint density at radius 3 is 2.36 bits per heavy atom. The van der Waals surface area contributed by atoms with Gasteiger partial charge in [-0.15, -0.1) is 0 Å². The lowest BCUT2D eigenvalue weighted by atomic mass is 9.77. The number of fused-ring (bicyclic) bond motifs is 3. The van der Waals surface area contributed by atoms with E-state index in [1.54, 1.807) is 36.4 Å². The Labute approximate surface area is 268 Å². The van der Waals surface area contributed by atoms with E-state index in [0.717, 1.165) is 57.3 Å². The fourth-order valence-electron chi connectivity index (χ4n) is 7.17. The first kappa shape index (κ1) is 28.9. The topological polar surface area (TPSA) is 98.0 Å². The zero-order valence-corrected chi connectivity index (χ0v) is 25.0. The van der Waals surface area contributed by atoms with Crippen LogP contribution in [0.25, 0.3) is 16.8 Å². The number of imide groups is 1. The molecule has 0 unspecified atom stereocenters. The van der Waals surface area contributed by atoms with Gasteiger partial charge >= 0.3 is 0 Å². The summed E-state index contributed by atoms with van der Waals surface area (Å²) in [5.41, 5.74) is 3.69. The van der Waals surface area contributed by atoms with Gasteiger partial charge in [-0.25, -0.2) is 18.7 Å². The minimum Gasteiger partial charge on any atom is -0.271 e. The molecule has 0 bridgehead atoms. The lowest BCUT2D eigenvalue weighted by Gasteiger charge is -2.30. The van der Waals surface area contributed by atoms with E-state index in [4.69, 9.17) is 5.10 Å². The van der Waals surface area contributed by atoms with Gasteiger partial charge in [0.25, 0.3) is 17.7 Å². The second-order valence-electron chi connectivity index (χ2n) is 12.1. The highest BCUT2D eigenvalue weighted by molar-refractivity contribution is 6.27. The van der Waals surface area contributed by atoms with Crippen LogP contribution in [0.1, 0.15) is 36.4 Å². The van der Waals surface area contributed by atoms with E-state index >= 15 is 0 Å². The van der Waals surface area contributed by atoms with Crippen LogP contribution in [0.3, 0.4) is 0 Å². The lowest BCUT2D eigenvalue weighted by molar-refractivity contribution is -0.136. The number of rotatable bonds is 5. The molecule has 1 saturated carbocycles. The number of hydrogen-bond donors (Lipinski definition) is 0.